The molecular formula is C19H28Cl2N3O2+. The van der Waals surface area contributed by atoms with Gasteiger partial charge in [-0.15, -0.1) is 0 Å². The number of rotatable bonds is 6. The third-order valence-electron chi connectivity index (χ3n) is 5.21. The minimum Gasteiger partial charge on any atom is -0.348 e. The van der Waals surface area contributed by atoms with Crippen LogP contribution in [0.25, 0.3) is 0 Å². The minimum absolute atomic E-state index is 0.0166. The quantitative estimate of drug-likeness (QED) is 0.686. The number of anilines is 1. The molecule has 0 spiro atoms. The van der Waals surface area contributed by atoms with Crippen molar-refractivity contribution in [1.82, 2.24) is 5.32 Å². The predicted molar refractivity (Wildman–Crippen MR) is 106 cm³/mol. The molecule has 144 valence electrons. The lowest BCUT2D eigenvalue weighted by atomic mass is 9.78. The van der Waals surface area contributed by atoms with Gasteiger partial charge in [-0.1, -0.05) is 56.0 Å². The Labute approximate surface area is 165 Å². The highest BCUT2D eigenvalue weighted by Gasteiger charge is 2.28. The highest BCUT2D eigenvalue weighted by Crippen LogP contribution is 2.30. The van der Waals surface area contributed by atoms with Crippen molar-refractivity contribution in [2.45, 2.75) is 39.2 Å². The van der Waals surface area contributed by atoms with Gasteiger partial charge in [-0.25, -0.2) is 0 Å². The molecule has 3 N–H and O–H groups in total. The Balaban J connectivity index is 1.81. The van der Waals surface area contributed by atoms with Crippen molar-refractivity contribution in [3.05, 3.63) is 28.2 Å². The fourth-order valence-electron chi connectivity index (χ4n) is 3.46. The van der Waals surface area contributed by atoms with Gasteiger partial charge in [0, 0.05) is 6.04 Å². The van der Waals surface area contributed by atoms with Crippen LogP contribution < -0.4 is 15.5 Å². The Hall–Kier alpha value is -1.30. The average molecular weight is 401 g/mol. The molecule has 0 saturated heterocycles. The molecule has 0 bridgehead atoms. The van der Waals surface area contributed by atoms with Crippen LogP contribution in [0.5, 0.6) is 0 Å². The van der Waals surface area contributed by atoms with E-state index in [1.165, 1.54) is 6.42 Å². The lowest BCUT2D eigenvalue weighted by Gasteiger charge is -2.34. The molecule has 0 heterocycles. The molecule has 1 saturated carbocycles. The zero-order valence-electron chi connectivity index (χ0n) is 15.6. The molecule has 7 heteroatoms. The van der Waals surface area contributed by atoms with Gasteiger partial charge >= 0.3 is 0 Å². The van der Waals surface area contributed by atoms with E-state index in [4.69, 9.17) is 23.2 Å². The molecule has 0 aliphatic heterocycles. The van der Waals surface area contributed by atoms with E-state index in [9.17, 15) is 9.59 Å². The number of likely N-dealkylation sites (N-methyl/N-ethyl adjacent to an activating group) is 1. The lowest BCUT2D eigenvalue weighted by molar-refractivity contribution is -0.862. The first-order valence-electron chi connectivity index (χ1n) is 9.12. The lowest BCUT2D eigenvalue weighted by Crippen LogP contribution is -3.11. The number of hydrogen-bond donors (Lipinski definition) is 3. The molecular weight excluding hydrogens is 373 g/mol. The van der Waals surface area contributed by atoms with Crippen LogP contribution >= 0.6 is 23.2 Å². The standard InChI is InChI=1S/C19H27Cl2N3O2/c1-12-6-4-9-16(13(12)2)22-17(25)10-24(3)11-18(26)23-19-14(20)7-5-8-15(19)21/h5,7-8,12-13,16H,4,6,9-11H2,1-3H3,(H,22,25)(H,23,26)/p+1/t12-,13+,16-/m0/s1. The third-order valence-corrected chi connectivity index (χ3v) is 5.84. The number of hydrogen-bond acceptors (Lipinski definition) is 2. The highest BCUT2D eigenvalue weighted by atomic mass is 35.5. The van der Waals surface area contributed by atoms with Gasteiger partial charge < -0.3 is 15.5 Å². The average Bonchev–Trinajstić information content (AvgIpc) is 2.55. The third kappa shape index (κ3) is 5.86. The summed E-state index contributed by atoms with van der Waals surface area (Å²) in [6.45, 7) is 4.85. The van der Waals surface area contributed by atoms with Crippen molar-refractivity contribution in [2.75, 3.05) is 25.5 Å². The van der Waals surface area contributed by atoms with Crippen molar-refractivity contribution in [1.29, 1.82) is 0 Å². The second-order valence-electron chi connectivity index (χ2n) is 7.40. The van der Waals surface area contributed by atoms with Crippen LogP contribution in [0, 0.1) is 11.8 Å². The van der Waals surface area contributed by atoms with Crippen LogP contribution in [0.1, 0.15) is 33.1 Å². The summed E-state index contributed by atoms with van der Waals surface area (Å²) >= 11 is 12.1. The molecule has 26 heavy (non-hydrogen) atoms. The number of para-hydroxylation sites is 1. The van der Waals surface area contributed by atoms with Gasteiger partial charge in [-0.05, 0) is 30.4 Å². The van der Waals surface area contributed by atoms with Gasteiger partial charge in [0.05, 0.1) is 22.8 Å². The van der Waals surface area contributed by atoms with Crippen LogP contribution in [0.15, 0.2) is 18.2 Å². The predicted octanol–water partition coefficient (Wildman–Crippen LogP) is 2.39. The van der Waals surface area contributed by atoms with Gasteiger partial charge in [0.15, 0.2) is 13.1 Å². The summed E-state index contributed by atoms with van der Waals surface area (Å²) in [5, 5.41) is 6.64. The summed E-state index contributed by atoms with van der Waals surface area (Å²) in [5.74, 6) is 0.867. The van der Waals surface area contributed by atoms with E-state index in [-0.39, 0.29) is 30.9 Å². The monoisotopic (exact) mass is 400 g/mol. The molecule has 1 aromatic rings. The molecule has 1 aliphatic carbocycles. The Morgan fingerprint density at radius 2 is 1.73 bits per heavy atom. The van der Waals surface area contributed by atoms with Crippen molar-refractivity contribution >= 4 is 40.7 Å². The van der Waals surface area contributed by atoms with Crippen molar-refractivity contribution in [3.63, 3.8) is 0 Å². The first-order chi connectivity index (χ1) is 12.3. The highest BCUT2D eigenvalue weighted by molar-refractivity contribution is 6.39. The second kappa shape index (κ2) is 9.58. The summed E-state index contributed by atoms with van der Waals surface area (Å²) in [6.07, 6.45) is 3.41. The van der Waals surface area contributed by atoms with Crippen molar-refractivity contribution in [3.8, 4) is 0 Å². The van der Waals surface area contributed by atoms with Crippen LogP contribution in [-0.4, -0.2) is 38.0 Å². The normalized spacial score (nSPS) is 24.0. The smallest absolute Gasteiger partial charge is 0.279 e. The van der Waals surface area contributed by atoms with E-state index in [1.54, 1.807) is 18.2 Å². The maximum Gasteiger partial charge on any atom is 0.279 e. The number of halogens is 2. The maximum absolute atomic E-state index is 12.3. The Bertz CT molecular complexity index is 633. The van der Waals surface area contributed by atoms with E-state index in [1.807, 2.05) is 7.05 Å². The number of carbonyl (C=O) groups is 2. The topological polar surface area (TPSA) is 62.6 Å². The zero-order chi connectivity index (χ0) is 19.3. The van der Waals surface area contributed by atoms with E-state index < -0.39 is 0 Å². The number of nitrogens with one attached hydrogen (secondary N) is 3. The Kier molecular flexibility index (Phi) is 7.74. The van der Waals surface area contributed by atoms with Gasteiger partial charge in [0.2, 0.25) is 0 Å². The van der Waals surface area contributed by atoms with Crippen molar-refractivity contribution in [2.24, 2.45) is 11.8 Å². The van der Waals surface area contributed by atoms with Gasteiger partial charge in [-0.3, -0.25) is 9.59 Å². The minimum atomic E-state index is -0.232. The largest absolute Gasteiger partial charge is 0.348 e. The number of benzene rings is 1. The van der Waals surface area contributed by atoms with Crippen LogP contribution in [0.2, 0.25) is 10.0 Å². The number of amides is 2. The molecule has 1 unspecified atom stereocenters. The SMILES string of the molecule is C[C@H]1[C@@H](NC(=O)C[NH+](C)CC(=O)Nc2c(Cl)cccc2Cl)CCC[C@@H]1C. The fourth-order valence-corrected chi connectivity index (χ4v) is 3.95. The van der Waals surface area contributed by atoms with Gasteiger partial charge in [0.1, 0.15) is 0 Å². The van der Waals surface area contributed by atoms with E-state index in [2.05, 4.69) is 24.5 Å². The molecule has 1 aliphatic rings. The Morgan fingerprint density at radius 3 is 2.38 bits per heavy atom. The molecule has 5 nitrogen and oxygen atoms in total. The summed E-state index contributed by atoms with van der Waals surface area (Å²) in [6, 6.07) is 5.28. The van der Waals surface area contributed by atoms with E-state index in [0.29, 0.717) is 27.6 Å². The Morgan fingerprint density at radius 1 is 1.12 bits per heavy atom. The van der Waals surface area contributed by atoms with Crippen LogP contribution in [-0.2, 0) is 9.59 Å². The van der Waals surface area contributed by atoms with Gasteiger partial charge in [0.25, 0.3) is 11.8 Å². The van der Waals surface area contributed by atoms with Crippen molar-refractivity contribution < 1.29 is 14.5 Å². The maximum atomic E-state index is 12.3. The molecule has 4 atom stereocenters. The summed E-state index contributed by atoms with van der Waals surface area (Å²) in [7, 11) is 1.82. The molecule has 2 amide bonds. The van der Waals surface area contributed by atoms with E-state index in [0.717, 1.165) is 17.7 Å². The molecule has 2 rings (SSSR count). The number of carbonyl (C=O) groups excluding carboxylic acids is 2. The fraction of sp³-hybridized carbons (Fsp3) is 0.579. The summed E-state index contributed by atoms with van der Waals surface area (Å²) in [5.41, 5.74) is 0.406. The summed E-state index contributed by atoms with van der Waals surface area (Å²) < 4.78 is 0. The van der Waals surface area contributed by atoms with Gasteiger partial charge in [-0.2, -0.15) is 0 Å². The first-order valence-corrected chi connectivity index (χ1v) is 9.88. The molecule has 0 aromatic heterocycles. The van der Waals surface area contributed by atoms with E-state index >= 15 is 0 Å². The zero-order valence-corrected chi connectivity index (χ0v) is 17.1. The molecule has 1 fully saturated rings. The molecule has 1 aromatic carbocycles. The van der Waals surface area contributed by atoms with Crippen LogP contribution in [0.3, 0.4) is 0 Å². The van der Waals surface area contributed by atoms with Crippen LogP contribution in [0.4, 0.5) is 5.69 Å². The second-order valence-corrected chi connectivity index (χ2v) is 8.21. The number of quaternary nitrogens is 1. The summed E-state index contributed by atoms with van der Waals surface area (Å²) in [4.78, 5) is 25.3. The first kappa shape index (κ1) is 21.0. The molecule has 0 radical (unpaired) electrons.